The molecular weight excluding hydrogens is 376 g/mol. The molecule has 0 N–H and O–H groups in total. The molecule has 5 heteroatoms. The van der Waals surface area contributed by atoms with Gasteiger partial charge >= 0.3 is 0 Å². The zero-order valence-electron chi connectivity index (χ0n) is 14.7. The predicted octanol–water partition coefficient (Wildman–Crippen LogP) is 6.65. The van der Waals surface area contributed by atoms with Crippen LogP contribution in [0.2, 0.25) is 5.02 Å². The lowest BCUT2D eigenvalue weighted by atomic mass is 10.0. The third-order valence-corrected chi connectivity index (χ3v) is 5.58. The molecule has 0 saturated carbocycles. The summed E-state index contributed by atoms with van der Waals surface area (Å²) < 4.78 is 5.38. The number of aromatic nitrogens is 1. The van der Waals surface area contributed by atoms with Crippen molar-refractivity contribution in [1.29, 1.82) is 0 Å². The standard InChI is InChI=1S/C22H17ClN2OS/c1-15-8-11-27-21(15)14-24-13-16-2-4-17(5-3-16)19-12-18(6-7-20(19)23)22-25-9-10-26-22/h2-12,14H,13H2,1H3. The molecule has 27 heavy (non-hydrogen) atoms. The second-order valence-corrected chi connectivity index (χ2v) is 7.52. The fourth-order valence-electron chi connectivity index (χ4n) is 2.79. The lowest BCUT2D eigenvalue weighted by Gasteiger charge is -2.07. The molecule has 134 valence electrons. The van der Waals surface area contributed by atoms with E-state index in [2.05, 4.69) is 52.6 Å². The van der Waals surface area contributed by atoms with Crippen LogP contribution in [0, 0.1) is 6.92 Å². The molecule has 0 aliphatic heterocycles. The highest BCUT2D eigenvalue weighted by molar-refractivity contribution is 7.11. The summed E-state index contributed by atoms with van der Waals surface area (Å²) in [6.07, 6.45) is 5.15. The number of thiophene rings is 1. The van der Waals surface area contributed by atoms with Crippen LogP contribution in [0.3, 0.4) is 0 Å². The number of hydrogen-bond donors (Lipinski definition) is 0. The van der Waals surface area contributed by atoms with Crippen LogP contribution >= 0.6 is 22.9 Å². The Bertz CT molecular complexity index is 1070. The van der Waals surface area contributed by atoms with Gasteiger partial charge in [0.15, 0.2) is 0 Å². The summed E-state index contributed by atoms with van der Waals surface area (Å²) in [5, 5.41) is 2.78. The summed E-state index contributed by atoms with van der Waals surface area (Å²) >= 11 is 8.12. The molecule has 0 saturated heterocycles. The van der Waals surface area contributed by atoms with Crippen LogP contribution in [-0.2, 0) is 6.54 Å². The molecule has 0 radical (unpaired) electrons. The molecule has 4 aromatic rings. The van der Waals surface area contributed by atoms with Gasteiger partial charge in [-0.25, -0.2) is 4.98 Å². The van der Waals surface area contributed by atoms with Crippen molar-refractivity contribution in [2.45, 2.75) is 13.5 Å². The van der Waals surface area contributed by atoms with E-state index in [0.717, 1.165) is 22.3 Å². The maximum Gasteiger partial charge on any atom is 0.225 e. The van der Waals surface area contributed by atoms with Gasteiger partial charge in [0.1, 0.15) is 6.26 Å². The van der Waals surface area contributed by atoms with Gasteiger partial charge in [-0.3, -0.25) is 4.99 Å². The van der Waals surface area contributed by atoms with Gasteiger partial charge < -0.3 is 4.42 Å². The van der Waals surface area contributed by atoms with Gasteiger partial charge in [0.25, 0.3) is 0 Å². The van der Waals surface area contributed by atoms with Crippen LogP contribution in [0.4, 0.5) is 0 Å². The van der Waals surface area contributed by atoms with Crippen molar-refractivity contribution in [3.05, 3.63) is 87.4 Å². The first-order valence-electron chi connectivity index (χ1n) is 8.53. The smallest absolute Gasteiger partial charge is 0.225 e. The van der Waals surface area contributed by atoms with E-state index < -0.39 is 0 Å². The van der Waals surface area contributed by atoms with E-state index in [4.69, 9.17) is 16.0 Å². The highest BCUT2D eigenvalue weighted by atomic mass is 35.5. The molecule has 0 bridgehead atoms. The average Bonchev–Trinajstić information content (AvgIpc) is 3.35. The van der Waals surface area contributed by atoms with Crippen LogP contribution in [0.5, 0.6) is 0 Å². The van der Waals surface area contributed by atoms with E-state index in [0.29, 0.717) is 17.5 Å². The zero-order valence-corrected chi connectivity index (χ0v) is 16.3. The minimum Gasteiger partial charge on any atom is -0.445 e. The van der Waals surface area contributed by atoms with E-state index in [1.54, 1.807) is 23.8 Å². The number of halogens is 1. The summed E-state index contributed by atoms with van der Waals surface area (Å²) in [6, 6.07) is 16.2. The van der Waals surface area contributed by atoms with Crippen molar-refractivity contribution < 1.29 is 4.42 Å². The number of rotatable bonds is 5. The van der Waals surface area contributed by atoms with Gasteiger partial charge in [-0.1, -0.05) is 35.9 Å². The summed E-state index contributed by atoms with van der Waals surface area (Å²) in [5.41, 5.74) is 5.33. The van der Waals surface area contributed by atoms with E-state index in [-0.39, 0.29) is 0 Å². The van der Waals surface area contributed by atoms with Gasteiger partial charge in [-0.2, -0.15) is 0 Å². The number of aliphatic imine (C=N–C) groups is 1. The molecule has 3 nitrogen and oxygen atoms in total. The van der Waals surface area contributed by atoms with Gasteiger partial charge in [0.2, 0.25) is 5.89 Å². The van der Waals surface area contributed by atoms with Gasteiger partial charge in [-0.05, 0) is 53.3 Å². The molecule has 0 atom stereocenters. The molecule has 0 unspecified atom stereocenters. The summed E-state index contributed by atoms with van der Waals surface area (Å²) in [6.45, 7) is 2.75. The second kappa shape index (κ2) is 7.91. The number of benzene rings is 2. The Kier molecular flexibility index (Phi) is 5.19. The Morgan fingerprint density at radius 1 is 1.11 bits per heavy atom. The number of nitrogens with zero attached hydrogens (tertiary/aromatic N) is 2. The molecule has 4 rings (SSSR count). The lowest BCUT2D eigenvalue weighted by molar-refractivity contribution is 0.574. The minimum atomic E-state index is 0.586. The summed E-state index contributed by atoms with van der Waals surface area (Å²) in [5.74, 6) is 0.586. The Hall–Kier alpha value is -2.69. The highest BCUT2D eigenvalue weighted by Crippen LogP contribution is 2.32. The largest absolute Gasteiger partial charge is 0.445 e. The van der Waals surface area contributed by atoms with Gasteiger partial charge in [0.05, 0.1) is 12.7 Å². The van der Waals surface area contributed by atoms with Crippen molar-refractivity contribution in [2.24, 2.45) is 4.99 Å². The van der Waals surface area contributed by atoms with Crippen molar-refractivity contribution in [1.82, 2.24) is 4.98 Å². The maximum absolute atomic E-state index is 6.41. The zero-order chi connectivity index (χ0) is 18.6. The topological polar surface area (TPSA) is 38.4 Å². The van der Waals surface area contributed by atoms with Crippen molar-refractivity contribution in [2.75, 3.05) is 0 Å². The molecule has 0 aliphatic carbocycles. The van der Waals surface area contributed by atoms with Crippen molar-refractivity contribution >= 4 is 29.2 Å². The number of aryl methyl sites for hydroxylation is 1. The first-order valence-corrected chi connectivity index (χ1v) is 9.79. The average molecular weight is 393 g/mol. The highest BCUT2D eigenvalue weighted by Gasteiger charge is 2.09. The van der Waals surface area contributed by atoms with Crippen LogP contribution in [0.25, 0.3) is 22.6 Å². The third kappa shape index (κ3) is 4.02. The Morgan fingerprint density at radius 3 is 2.63 bits per heavy atom. The van der Waals surface area contributed by atoms with Crippen LogP contribution < -0.4 is 0 Å². The van der Waals surface area contributed by atoms with Crippen molar-refractivity contribution in [3.63, 3.8) is 0 Å². The fraction of sp³-hybridized carbons (Fsp3) is 0.0909. The second-order valence-electron chi connectivity index (χ2n) is 6.17. The quantitative estimate of drug-likeness (QED) is 0.356. The maximum atomic E-state index is 6.41. The molecule has 0 amide bonds. The minimum absolute atomic E-state index is 0.586. The Labute approximate surface area is 167 Å². The normalized spacial score (nSPS) is 11.3. The van der Waals surface area contributed by atoms with Crippen LogP contribution in [-0.4, -0.2) is 11.2 Å². The predicted molar refractivity (Wildman–Crippen MR) is 113 cm³/mol. The summed E-state index contributed by atoms with van der Waals surface area (Å²) in [7, 11) is 0. The fourth-order valence-corrected chi connectivity index (χ4v) is 3.82. The Morgan fingerprint density at radius 2 is 1.93 bits per heavy atom. The van der Waals surface area contributed by atoms with E-state index in [9.17, 15) is 0 Å². The number of oxazole rings is 1. The third-order valence-electron chi connectivity index (χ3n) is 4.29. The first-order chi connectivity index (χ1) is 13.2. The van der Waals surface area contributed by atoms with Crippen LogP contribution in [0.15, 0.2) is 75.8 Å². The molecule has 2 heterocycles. The molecule has 2 aromatic carbocycles. The van der Waals surface area contributed by atoms with E-state index in [1.807, 2.05) is 24.4 Å². The van der Waals surface area contributed by atoms with Gasteiger partial charge in [0, 0.05) is 27.2 Å². The van der Waals surface area contributed by atoms with E-state index >= 15 is 0 Å². The molecular formula is C22H17ClN2OS. The SMILES string of the molecule is Cc1ccsc1C=NCc1ccc(-c2cc(-c3ncco3)ccc2Cl)cc1. The number of hydrogen-bond acceptors (Lipinski definition) is 4. The van der Waals surface area contributed by atoms with E-state index in [1.165, 1.54) is 10.4 Å². The molecule has 2 aromatic heterocycles. The van der Waals surface area contributed by atoms with Crippen molar-refractivity contribution in [3.8, 4) is 22.6 Å². The first kappa shape index (κ1) is 17.7. The lowest BCUT2D eigenvalue weighted by Crippen LogP contribution is -1.86. The molecule has 0 spiro atoms. The monoisotopic (exact) mass is 392 g/mol. The molecule has 0 aliphatic rings. The molecule has 0 fully saturated rings. The summed E-state index contributed by atoms with van der Waals surface area (Å²) in [4.78, 5) is 9.96. The van der Waals surface area contributed by atoms with Crippen LogP contribution in [0.1, 0.15) is 16.0 Å². The Balaban J connectivity index is 1.53. The van der Waals surface area contributed by atoms with Gasteiger partial charge in [-0.15, -0.1) is 11.3 Å².